The summed E-state index contributed by atoms with van der Waals surface area (Å²) in [5.41, 5.74) is 2.21. The first-order chi connectivity index (χ1) is 14.5. The second-order valence-corrected chi connectivity index (χ2v) is 7.74. The van der Waals surface area contributed by atoms with E-state index < -0.39 is 0 Å². The van der Waals surface area contributed by atoms with Gasteiger partial charge in [0.15, 0.2) is 29.0 Å². The summed E-state index contributed by atoms with van der Waals surface area (Å²) in [4.78, 5) is 4.34. The summed E-state index contributed by atoms with van der Waals surface area (Å²) in [6.45, 7) is 6.13. The molecule has 0 unspecified atom stereocenters. The molecule has 0 aromatic heterocycles. The van der Waals surface area contributed by atoms with E-state index in [1.807, 2.05) is 24.3 Å². The largest absolute Gasteiger partial charge is 0.493 e. The van der Waals surface area contributed by atoms with Gasteiger partial charge in [0.25, 0.3) is 0 Å². The molecule has 0 fully saturated rings. The van der Waals surface area contributed by atoms with E-state index in [0.29, 0.717) is 13.3 Å². The molecule has 0 atom stereocenters. The predicted molar refractivity (Wildman–Crippen MR) is 118 cm³/mol. The highest BCUT2D eigenvalue weighted by molar-refractivity contribution is 5.79. The number of fused-ring (bicyclic) bond motifs is 1. The Kier molecular flexibility index (Phi) is 6.92. The Hall–Kier alpha value is -3.09. The Balaban J connectivity index is 1.53. The van der Waals surface area contributed by atoms with Crippen LogP contribution in [0.5, 0.6) is 23.0 Å². The molecule has 162 valence electrons. The van der Waals surface area contributed by atoms with Gasteiger partial charge in [-0.05, 0) is 41.8 Å². The number of aliphatic imine (C=N–C) groups is 1. The molecule has 1 heterocycles. The van der Waals surface area contributed by atoms with E-state index in [2.05, 4.69) is 41.6 Å². The molecule has 0 radical (unpaired) electrons. The SMILES string of the molecule is CN=C(NCCc1ccc2c(c1)OCO2)NCC(C)(C)c1ccc(OC)c(OC)c1. The average Bonchev–Trinajstić information content (AvgIpc) is 3.23. The maximum Gasteiger partial charge on any atom is 0.231 e. The molecule has 0 spiro atoms. The molecule has 0 aliphatic carbocycles. The second-order valence-electron chi connectivity index (χ2n) is 7.74. The van der Waals surface area contributed by atoms with Crippen LogP contribution in [-0.4, -0.2) is 47.1 Å². The Bertz CT molecular complexity index is 896. The van der Waals surface area contributed by atoms with Gasteiger partial charge >= 0.3 is 0 Å². The maximum absolute atomic E-state index is 5.44. The molecule has 2 N–H and O–H groups in total. The van der Waals surface area contributed by atoms with E-state index in [-0.39, 0.29) is 5.41 Å². The molecule has 30 heavy (non-hydrogen) atoms. The van der Waals surface area contributed by atoms with Crippen LogP contribution in [0.3, 0.4) is 0 Å². The van der Waals surface area contributed by atoms with Crippen molar-refractivity contribution in [1.29, 1.82) is 0 Å². The number of benzene rings is 2. The normalized spacial score (nSPS) is 13.2. The van der Waals surface area contributed by atoms with Crippen molar-refractivity contribution < 1.29 is 18.9 Å². The van der Waals surface area contributed by atoms with E-state index in [4.69, 9.17) is 18.9 Å². The number of guanidine groups is 1. The van der Waals surface area contributed by atoms with E-state index >= 15 is 0 Å². The molecule has 0 amide bonds. The van der Waals surface area contributed by atoms with Gasteiger partial charge in [-0.25, -0.2) is 0 Å². The molecule has 3 rings (SSSR count). The summed E-state index contributed by atoms with van der Waals surface area (Å²) in [5.74, 6) is 3.85. The standard InChI is InChI=1S/C23H31N3O4/c1-23(2,17-7-9-18(27-4)20(13-17)28-5)14-26-22(24-3)25-11-10-16-6-8-19-21(12-16)30-15-29-19/h6-9,12-13H,10-11,14-15H2,1-5H3,(H2,24,25,26). The molecule has 0 saturated carbocycles. The summed E-state index contributed by atoms with van der Waals surface area (Å²) in [5, 5.41) is 6.80. The fourth-order valence-corrected chi connectivity index (χ4v) is 3.31. The molecular weight excluding hydrogens is 382 g/mol. The first-order valence-corrected chi connectivity index (χ1v) is 10.0. The van der Waals surface area contributed by atoms with Crippen molar-refractivity contribution in [3.8, 4) is 23.0 Å². The van der Waals surface area contributed by atoms with E-state index in [1.165, 1.54) is 5.56 Å². The van der Waals surface area contributed by atoms with Crippen LogP contribution in [0.1, 0.15) is 25.0 Å². The number of ether oxygens (including phenoxy) is 4. The van der Waals surface area contributed by atoms with Gasteiger partial charge in [-0.15, -0.1) is 0 Å². The first-order valence-electron chi connectivity index (χ1n) is 10.0. The molecule has 0 saturated heterocycles. The van der Waals surface area contributed by atoms with Gasteiger partial charge in [0, 0.05) is 25.6 Å². The molecule has 7 heteroatoms. The van der Waals surface area contributed by atoms with Crippen molar-refractivity contribution in [3.63, 3.8) is 0 Å². The van der Waals surface area contributed by atoms with Crippen molar-refractivity contribution in [2.24, 2.45) is 4.99 Å². The fourth-order valence-electron chi connectivity index (χ4n) is 3.31. The third-order valence-corrected chi connectivity index (χ3v) is 5.23. The van der Waals surface area contributed by atoms with Crippen molar-refractivity contribution in [3.05, 3.63) is 47.5 Å². The van der Waals surface area contributed by atoms with Crippen LogP contribution in [-0.2, 0) is 11.8 Å². The predicted octanol–water partition coefficient (Wildman–Crippen LogP) is 3.12. The van der Waals surface area contributed by atoms with Gasteiger partial charge in [0.05, 0.1) is 14.2 Å². The summed E-state index contributed by atoms with van der Waals surface area (Å²) in [6.07, 6.45) is 0.858. The number of nitrogens with one attached hydrogen (secondary N) is 2. The van der Waals surface area contributed by atoms with Crippen LogP contribution >= 0.6 is 0 Å². The highest BCUT2D eigenvalue weighted by Gasteiger charge is 2.23. The van der Waals surface area contributed by atoms with Crippen LogP contribution < -0.4 is 29.6 Å². The Morgan fingerprint density at radius 1 is 1.00 bits per heavy atom. The van der Waals surface area contributed by atoms with E-state index in [0.717, 1.165) is 47.5 Å². The van der Waals surface area contributed by atoms with Crippen molar-refractivity contribution >= 4 is 5.96 Å². The van der Waals surface area contributed by atoms with Gasteiger partial charge in [-0.2, -0.15) is 0 Å². The van der Waals surface area contributed by atoms with Crippen LogP contribution in [0, 0.1) is 0 Å². The number of hydrogen-bond acceptors (Lipinski definition) is 5. The smallest absolute Gasteiger partial charge is 0.231 e. The van der Waals surface area contributed by atoms with Gasteiger partial charge in [0.1, 0.15) is 0 Å². The zero-order chi connectivity index (χ0) is 21.6. The highest BCUT2D eigenvalue weighted by atomic mass is 16.7. The third-order valence-electron chi connectivity index (χ3n) is 5.23. The lowest BCUT2D eigenvalue weighted by Crippen LogP contribution is -2.44. The quantitative estimate of drug-likeness (QED) is 0.512. The second kappa shape index (κ2) is 9.61. The topological polar surface area (TPSA) is 73.3 Å². The Labute approximate surface area is 178 Å². The summed E-state index contributed by atoms with van der Waals surface area (Å²) in [7, 11) is 5.07. The molecule has 0 bridgehead atoms. The lowest BCUT2D eigenvalue weighted by Gasteiger charge is -2.27. The molecular formula is C23H31N3O4. The zero-order valence-corrected chi connectivity index (χ0v) is 18.4. The van der Waals surface area contributed by atoms with Crippen LogP contribution in [0.25, 0.3) is 0 Å². The van der Waals surface area contributed by atoms with Crippen LogP contribution in [0.15, 0.2) is 41.4 Å². The Morgan fingerprint density at radius 2 is 1.77 bits per heavy atom. The van der Waals surface area contributed by atoms with E-state index in [9.17, 15) is 0 Å². The number of methoxy groups -OCH3 is 2. The maximum atomic E-state index is 5.44. The lowest BCUT2D eigenvalue weighted by molar-refractivity contribution is 0.174. The third kappa shape index (κ3) is 5.09. The van der Waals surface area contributed by atoms with Crippen molar-refractivity contribution in [2.45, 2.75) is 25.7 Å². The molecule has 2 aromatic rings. The minimum atomic E-state index is -0.130. The summed E-state index contributed by atoms with van der Waals surface area (Å²) >= 11 is 0. The molecule has 1 aliphatic rings. The molecule has 2 aromatic carbocycles. The fraction of sp³-hybridized carbons (Fsp3) is 0.435. The first kappa shape index (κ1) is 21.6. The van der Waals surface area contributed by atoms with Gasteiger partial charge in [0.2, 0.25) is 6.79 Å². The van der Waals surface area contributed by atoms with Gasteiger partial charge < -0.3 is 29.6 Å². The van der Waals surface area contributed by atoms with Crippen LogP contribution in [0.2, 0.25) is 0 Å². The van der Waals surface area contributed by atoms with Crippen LogP contribution in [0.4, 0.5) is 0 Å². The van der Waals surface area contributed by atoms with Crippen molar-refractivity contribution in [2.75, 3.05) is 41.1 Å². The molecule has 7 nitrogen and oxygen atoms in total. The number of hydrogen-bond donors (Lipinski definition) is 2. The minimum absolute atomic E-state index is 0.130. The summed E-state index contributed by atoms with van der Waals surface area (Å²) < 4.78 is 21.6. The Morgan fingerprint density at radius 3 is 2.50 bits per heavy atom. The highest BCUT2D eigenvalue weighted by Crippen LogP contribution is 2.33. The monoisotopic (exact) mass is 413 g/mol. The summed E-state index contributed by atoms with van der Waals surface area (Å²) in [6, 6.07) is 12.1. The number of rotatable bonds is 8. The van der Waals surface area contributed by atoms with Crippen molar-refractivity contribution in [1.82, 2.24) is 10.6 Å². The van der Waals surface area contributed by atoms with Gasteiger partial charge in [-0.3, -0.25) is 4.99 Å². The zero-order valence-electron chi connectivity index (χ0n) is 18.4. The molecule has 1 aliphatic heterocycles. The van der Waals surface area contributed by atoms with E-state index in [1.54, 1.807) is 21.3 Å². The van der Waals surface area contributed by atoms with Gasteiger partial charge in [-0.1, -0.05) is 26.0 Å². The average molecular weight is 414 g/mol. The minimum Gasteiger partial charge on any atom is -0.493 e. The number of nitrogens with zero attached hydrogens (tertiary/aromatic N) is 1. The lowest BCUT2D eigenvalue weighted by atomic mass is 9.84.